The first-order valence-electron chi connectivity index (χ1n) is 39.1. The molecule has 0 fully saturated rings. The summed E-state index contributed by atoms with van der Waals surface area (Å²) in [6, 6.07) is 5.90. The van der Waals surface area contributed by atoms with Crippen molar-refractivity contribution in [3.8, 4) is 0 Å². The number of hydrogen-bond donors (Lipinski definition) is 9. The average molecular weight is 1660 g/mol. The van der Waals surface area contributed by atoms with Gasteiger partial charge in [-0.05, 0) is 215 Å². The standard InChI is InChI=1S/2C13H20N4O.C12H19N5O.C11H16N4O.C10H15N5O.C10H12N4O3.C9H11N5O3/c1-8(2)17-7-10(6-16(4)5)11-12(17)14-9(3)15-13(11)18;1-8(2)17-10(7-16(4)5)6-11-12(17)14-9(3)15-13(11)18;1-7(2)17-9(6-16(4)5)15-10-11(17)13-8(3)14-12(10)18;1-6(2)15-8(5-12)4-9-10(15)13-7(3)14-11(9)16;1-5(2)15-7(4-11)14-8-9(15)12-6(3)13-10(8)16;1-5(2)13-8(14(16)17)4-7-9(13)11-6(3)12-10(7)15;1-4(2)13-7-6(12-9(13)14(16)17)8(15)11-5(3)10-7/h7-8H,6H2,1-5H3,(H,14,15,18);6,8H,7H2,1-5H3,(H,14,15,18);7H,6H2,1-5H3,(H,13,14,18);4,6H,5,12H2,1-3H3,(H,13,14,16);5H,4,11H2,1-3H3,(H,12,13,16);4-5H,1-3H3,(H,11,12,15);4H,1-3H3,(H,10,11,15). The summed E-state index contributed by atoms with van der Waals surface area (Å²) in [6.07, 6.45) is 2.04. The van der Waals surface area contributed by atoms with Crippen LogP contribution < -0.4 is 50.4 Å². The van der Waals surface area contributed by atoms with Crippen LogP contribution in [0.1, 0.15) is 209 Å². The van der Waals surface area contributed by atoms with E-state index in [0.717, 1.165) is 52.8 Å². The van der Waals surface area contributed by atoms with E-state index in [0.29, 0.717) is 110 Å². The molecule has 0 unspecified atom stereocenters. The van der Waals surface area contributed by atoms with E-state index in [1.54, 1.807) is 48.5 Å². The fourth-order valence-corrected chi connectivity index (χ4v) is 13.9. The third-order valence-corrected chi connectivity index (χ3v) is 18.4. The van der Waals surface area contributed by atoms with Gasteiger partial charge in [-0.2, -0.15) is 9.97 Å². The Morgan fingerprint density at radius 1 is 0.350 bits per heavy atom. The Morgan fingerprint density at radius 3 is 1.04 bits per heavy atom. The Bertz CT molecular complexity index is 6180. The molecule has 0 aliphatic heterocycles. The number of nitrogens with zero attached hydrogens (tertiary/aromatic N) is 22. The minimum absolute atomic E-state index is 0.00370. The van der Waals surface area contributed by atoms with Crippen LogP contribution in [0, 0.1) is 68.7 Å². The van der Waals surface area contributed by atoms with E-state index >= 15 is 0 Å². The van der Waals surface area contributed by atoms with Crippen LogP contribution in [-0.2, 0) is 32.7 Å². The predicted molar refractivity (Wildman–Crippen MR) is 463 cm³/mol. The Hall–Kier alpha value is -12.7. The Labute approximate surface area is 688 Å². The first-order chi connectivity index (χ1) is 56.1. The number of aryl methyl sites for hydroxylation is 7. The van der Waals surface area contributed by atoms with Crippen molar-refractivity contribution in [1.29, 1.82) is 0 Å². The van der Waals surface area contributed by atoms with Crippen molar-refractivity contribution in [2.24, 2.45) is 11.5 Å². The molecule has 14 heterocycles. The highest BCUT2D eigenvalue weighted by Crippen LogP contribution is 2.29. The summed E-state index contributed by atoms with van der Waals surface area (Å²) in [5.41, 5.74) is 17.9. The second-order valence-electron chi connectivity index (χ2n) is 31.8. The largest absolute Gasteiger partial charge is 0.437 e. The second kappa shape index (κ2) is 38.4. The predicted octanol–water partition coefficient (Wildman–Crippen LogP) is 8.40. The van der Waals surface area contributed by atoms with E-state index in [1.165, 1.54) is 15.2 Å². The van der Waals surface area contributed by atoms with Gasteiger partial charge in [-0.1, -0.05) is 4.98 Å². The number of hydrogen-bond acceptors (Lipinski definition) is 26. The van der Waals surface area contributed by atoms with E-state index < -0.39 is 15.4 Å². The number of imidazole rings is 3. The lowest BCUT2D eigenvalue weighted by Crippen LogP contribution is -2.17. The van der Waals surface area contributed by atoms with Crippen LogP contribution >= 0.6 is 0 Å². The Morgan fingerprint density at radius 2 is 0.675 bits per heavy atom. The van der Waals surface area contributed by atoms with Gasteiger partial charge in [0.05, 0.1) is 47.4 Å². The van der Waals surface area contributed by atoms with Gasteiger partial charge in [0.25, 0.3) is 44.4 Å². The molecule has 120 heavy (non-hydrogen) atoms. The highest BCUT2D eigenvalue weighted by atomic mass is 16.6. The van der Waals surface area contributed by atoms with Gasteiger partial charge in [0.2, 0.25) is 11.3 Å². The number of aromatic amines is 7. The highest BCUT2D eigenvalue weighted by Gasteiger charge is 2.29. The fourth-order valence-electron chi connectivity index (χ4n) is 13.9. The molecule has 42 nitrogen and oxygen atoms in total. The monoisotopic (exact) mass is 1660 g/mol. The fraction of sp³-hybridized carbons (Fsp3) is 0.500. The smallest absolute Gasteiger partial charge is 0.390 e. The summed E-state index contributed by atoms with van der Waals surface area (Å²) in [5, 5.41) is 24.1. The lowest BCUT2D eigenvalue weighted by Gasteiger charge is -2.16. The molecule has 0 amide bonds. The quantitative estimate of drug-likeness (QED) is 0.0305. The van der Waals surface area contributed by atoms with E-state index in [2.05, 4.69) is 159 Å². The molecule has 0 saturated carbocycles. The average Bonchev–Trinajstić information content (AvgIpc) is 1.60. The SMILES string of the molecule is Cc1nc2c(c(CN(C)C)cn2C(C)C)c(=O)[nH]1.Cc1nc2c(cc(CN(C)C)n2C(C)C)c(=O)[nH]1.Cc1nc2c(cc(CN)n2C(C)C)c(=O)[nH]1.Cc1nc2c(cc([N+](=O)[O-])n2C(C)C)c(=O)[nH]1.Cc1nc2c(nc(CN(C)C)n2C(C)C)c(=O)[nH]1.Cc1nc2c(nc(CN)n2C(C)C)c(=O)[nH]1.Cc1nc2c(nc([N+](=O)[O-])n2C(C)C)c(=O)[nH]1. The molecular weight excluding hydrogens is 1550 g/mol. The summed E-state index contributed by atoms with van der Waals surface area (Å²) >= 11 is 0. The van der Waals surface area contributed by atoms with Gasteiger partial charge in [0.15, 0.2) is 22.3 Å². The molecular formula is C78H113N31O11. The minimum Gasteiger partial charge on any atom is -0.390 e. The van der Waals surface area contributed by atoms with E-state index in [-0.39, 0.29) is 104 Å². The number of H-pyrrole nitrogens is 7. The van der Waals surface area contributed by atoms with Crippen molar-refractivity contribution < 1.29 is 9.85 Å². The van der Waals surface area contributed by atoms with Crippen LogP contribution in [0.2, 0.25) is 0 Å². The molecule has 646 valence electrons. The molecule has 0 saturated heterocycles. The molecule has 0 atom stereocenters. The third kappa shape index (κ3) is 20.7. The maximum absolute atomic E-state index is 12.1. The van der Waals surface area contributed by atoms with Gasteiger partial charge in [0, 0.05) is 67.4 Å². The molecule has 14 aromatic heterocycles. The zero-order valence-electron chi connectivity index (χ0n) is 73.4. The molecule has 0 radical (unpaired) electrons. The van der Waals surface area contributed by atoms with E-state index in [4.69, 9.17) is 11.5 Å². The first-order valence-corrected chi connectivity index (χ1v) is 39.1. The molecule has 0 aliphatic rings. The molecule has 0 aromatic carbocycles. The lowest BCUT2D eigenvalue weighted by atomic mass is 10.2. The summed E-state index contributed by atoms with van der Waals surface area (Å²) in [4.78, 5) is 171. The van der Waals surface area contributed by atoms with Gasteiger partial charge in [-0.3, -0.25) is 33.6 Å². The van der Waals surface area contributed by atoms with Crippen molar-refractivity contribution in [2.75, 3.05) is 42.3 Å². The summed E-state index contributed by atoms with van der Waals surface area (Å²) < 4.78 is 12.9. The maximum Gasteiger partial charge on any atom is 0.437 e. The lowest BCUT2D eigenvalue weighted by molar-refractivity contribution is -0.396. The summed E-state index contributed by atoms with van der Waals surface area (Å²) in [5.74, 6) is 5.07. The molecule has 0 bridgehead atoms. The van der Waals surface area contributed by atoms with Crippen LogP contribution in [-0.4, -0.2) is 184 Å². The van der Waals surface area contributed by atoms with E-state index in [9.17, 15) is 53.8 Å². The molecule has 14 aromatic rings. The van der Waals surface area contributed by atoms with Crippen LogP contribution in [0.15, 0.2) is 58.0 Å². The molecule has 0 aliphatic carbocycles. The second-order valence-corrected chi connectivity index (χ2v) is 31.8. The minimum atomic E-state index is -0.615. The summed E-state index contributed by atoms with van der Waals surface area (Å²) in [7, 11) is 12.0. The van der Waals surface area contributed by atoms with Crippen LogP contribution in [0.5, 0.6) is 0 Å². The number of aromatic nitrogens is 24. The molecule has 11 N–H and O–H groups in total. The Balaban J connectivity index is 0.000000174. The maximum atomic E-state index is 12.1. The van der Waals surface area contributed by atoms with Crippen molar-refractivity contribution in [3.05, 3.63) is 186 Å². The summed E-state index contributed by atoms with van der Waals surface area (Å²) in [6.45, 7) is 43.0. The zero-order valence-corrected chi connectivity index (χ0v) is 73.4. The van der Waals surface area contributed by atoms with Crippen molar-refractivity contribution in [1.82, 2.24) is 131 Å². The van der Waals surface area contributed by atoms with Gasteiger partial charge < -0.3 is 104 Å². The number of rotatable bonds is 17. The first kappa shape index (κ1) is 92.8. The highest BCUT2D eigenvalue weighted by molar-refractivity contribution is 5.81. The van der Waals surface area contributed by atoms with Crippen molar-refractivity contribution in [2.45, 2.75) is 220 Å². The van der Waals surface area contributed by atoms with Crippen LogP contribution in [0.3, 0.4) is 0 Å². The zero-order chi connectivity index (χ0) is 89.6. The number of fused-ring (bicyclic) bond motifs is 7. The van der Waals surface area contributed by atoms with Gasteiger partial charge in [-0.15, -0.1) is 0 Å². The van der Waals surface area contributed by atoms with E-state index in [1.807, 2.05) is 121 Å². The van der Waals surface area contributed by atoms with Gasteiger partial charge in [0.1, 0.15) is 74.7 Å². The van der Waals surface area contributed by atoms with Crippen LogP contribution in [0.25, 0.3) is 77.6 Å². The van der Waals surface area contributed by atoms with Crippen LogP contribution in [0.4, 0.5) is 11.8 Å². The molecule has 0 spiro atoms. The van der Waals surface area contributed by atoms with Crippen molar-refractivity contribution in [3.63, 3.8) is 0 Å². The van der Waals surface area contributed by atoms with Crippen molar-refractivity contribution >= 4 is 89.4 Å². The third-order valence-electron chi connectivity index (χ3n) is 18.4. The van der Waals surface area contributed by atoms with Gasteiger partial charge in [-0.25, -0.2) is 44.0 Å². The van der Waals surface area contributed by atoms with Gasteiger partial charge >= 0.3 is 11.8 Å². The number of nitro groups is 2. The molecule has 42 heteroatoms. The normalized spacial score (nSPS) is 11.7. The molecule has 14 rings (SSSR count). The Kier molecular flexibility index (Phi) is 29.7. The topological polar surface area (TPSA) is 541 Å². The number of nitrogens with one attached hydrogen (secondary N) is 7. The number of nitrogens with two attached hydrogens (primary N) is 2.